The lowest BCUT2D eigenvalue weighted by molar-refractivity contribution is 0.102. The molecule has 1 N–H and O–H groups in total. The Kier molecular flexibility index (Phi) is 4.35. The van der Waals surface area contributed by atoms with E-state index in [1.165, 1.54) is 24.3 Å². The maximum Gasteiger partial charge on any atom is 0.322 e. The van der Waals surface area contributed by atoms with Gasteiger partial charge in [0.05, 0.1) is 0 Å². The van der Waals surface area contributed by atoms with Crippen LogP contribution in [0, 0.1) is 5.82 Å². The second-order valence-corrected chi connectivity index (χ2v) is 6.70. The van der Waals surface area contributed by atoms with Crippen LogP contribution in [0.1, 0.15) is 36.7 Å². The molecule has 5 nitrogen and oxygen atoms in total. The second-order valence-electron chi connectivity index (χ2n) is 6.70. The van der Waals surface area contributed by atoms with Crippen LogP contribution >= 0.6 is 0 Å². The minimum atomic E-state index is -0.351. The summed E-state index contributed by atoms with van der Waals surface area (Å²) in [6, 6.07) is 13.0. The van der Waals surface area contributed by atoms with Crippen molar-refractivity contribution in [3.63, 3.8) is 0 Å². The topological polar surface area (TPSA) is 68.0 Å². The molecule has 0 bridgehead atoms. The molecule has 0 unspecified atom stereocenters. The van der Waals surface area contributed by atoms with E-state index in [-0.39, 0.29) is 29.0 Å². The number of amides is 1. The van der Waals surface area contributed by atoms with Crippen molar-refractivity contribution in [2.24, 2.45) is 0 Å². The smallest absolute Gasteiger partial charge is 0.322 e. The first-order valence-corrected chi connectivity index (χ1v) is 7.84. The van der Waals surface area contributed by atoms with Crippen molar-refractivity contribution in [3.8, 4) is 11.5 Å². The maximum atomic E-state index is 12.9. The van der Waals surface area contributed by atoms with Crippen molar-refractivity contribution in [1.82, 2.24) is 10.2 Å². The highest BCUT2D eigenvalue weighted by Gasteiger charge is 2.16. The van der Waals surface area contributed by atoms with Crippen molar-refractivity contribution in [2.45, 2.75) is 26.2 Å². The molecule has 128 valence electrons. The van der Waals surface area contributed by atoms with Crippen molar-refractivity contribution in [2.75, 3.05) is 5.32 Å². The molecule has 0 aliphatic heterocycles. The van der Waals surface area contributed by atoms with Gasteiger partial charge in [0.1, 0.15) is 5.82 Å². The highest BCUT2D eigenvalue weighted by atomic mass is 19.1. The summed E-state index contributed by atoms with van der Waals surface area (Å²) in [6.07, 6.45) is 0. The summed E-state index contributed by atoms with van der Waals surface area (Å²) >= 11 is 0. The predicted octanol–water partition coefficient (Wildman–Crippen LogP) is 4.43. The van der Waals surface area contributed by atoms with E-state index >= 15 is 0 Å². The zero-order chi connectivity index (χ0) is 18.0. The van der Waals surface area contributed by atoms with E-state index < -0.39 is 0 Å². The van der Waals surface area contributed by atoms with Gasteiger partial charge in [-0.2, -0.15) is 0 Å². The van der Waals surface area contributed by atoms with E-state index in [0.29, 0.717) is 11.1 Å². The standard InChI is InChI=1S/C19H18FN3O2/c1-19(2,3)14-8-4-12(5-9-14)16(24)21-18-23-22-17(25-18)13-6-10-15(20)11-7-13/h4-11H,1-3H3,(H,21,23,24). The second kappa shape index (κ2) is 6.47. The molecule has 0 fully saturated rings. The highest BCUT2D eigenvalue weighted by molar-refractivity contribution is 6.03. The Balaban J connectivity index is 1.72. The summed E-state index contributed by atoms with van der Waals surface area (Å²) < 4.78 is 18.3. The summed E-state index contributed by atoms with van der Waals surface area (Å²) in [5, 5.41) is 10.2. The van der Waals surface area contributed by atoms with Crippen LogP contribution in [0.5, 0.6) is 0 Å². The minimum absolute atomic E-state index is 0.00998. The fourth-order valence-corrected chi connectivity index (χ4v) is 2.27. The molecule has 6 heteroatoms. The lowest BCUT2D eigenvalue weighted by Gasteiger charge is -2.18. The van der Waals surface area contributed by atoms with Crippen LogP contribution in [-0.4, -0.2) is 16.1 Å². The van der Waals surface area contributed by atoms with Gasteiger partial charge in [-0.3, -0.25) is 10.1 Å². The molecular formula is C19H18FN3O2. The van der Waals surface area contributed by atoms with Gasteiger partial charge >= 0.3 is 6.01 Å². The fraction of sp³-hybridized carbons (Fsp3) is 0.211. The van der Waals surface area contributed by atoms with E-state index in [0.717, 1.165) is 5.56 Å². The van der Waals surface area contributed by atoms with Gasteiger partial charge < -0.3 is 4.42 Å². The van der Waals surface area contributed by atoms with Crippen LogP contribution in [0.2, 0.25) is 0 Å². The quantitative estimate of drug-likeness (QED) is 0.767. The van der Waals surface area contributed by atoms with Gasteiger partial charge in [-0.15, -0.1) is 5.10 Å². The first-order chi connectivity index (χ1) is 11.8. The van der Waals surface area contributed by atoms with Gasteiger partial charge in [-0.25, -0.2) is 4.39 Å². The van der Waals surface area contributed by atoms with Crippen LogP contribution in [0.3, 0.4) is 0 Å². The third kappa shape index (κ3) is 3.91. The summed E-state index contributed by atoms with van der Waals surface area (Å²) in [5.74, 6) is -0.483. The Morgan fingerprint density at radius 3 is 2.24 bits per heavy atom. The van der Waals surface area contributed by atoms with E-state index in [2.05, 4.69) is 36.3 Å². The summed E-state index contributed by atoms with van der Waals surface area (Å²) in [4.78, 5) is 12.3. The molecule has 1 amide bonds. The van der Waals surface area contributed by atoms with Crippen molar-refractivity contribution in [3.05, 3.63) is 65.5 Å². The number of carbonyl (C=O) groups is 1. The summed E-state index contributed by atoms with van der Waals surface area (Å²) in [5.41, 5.74) is 2.23. The molecule has 0 atom stereocenters. The van der Waals surface area contributed by atoms with Crippen LogP contribution < -0.4 is 5.32 Å². The molecule has 3 aromatic rings. The lowest BCUT2D eigenvalue weighted by Crippen LogP contribution is -2.14. The zero-order valence-corrected chi connectivity index (χ0v) is 14.2. The highest BCUT2D eigenvalue weighted by Crippen LogP contribution is 2.23. The number of halogens is 1. The Morgan fingerprint density at radius 2 is 1.64 bits per heavy atom. The Labute approximate surface area is 144 Å². The van der Waals surface area contributed by atoms with Gasteiger partial charge in [0.15, 0.2) is 0 Å². The van der Waals surface area contributed by atoms with E-state index in [1.54, 1.807) is 12.1 Å². The van der Waals surface area contributed by atoms with Gasteiger partial charge in [0.25, 0.3) is 5.91 Å². The number of benzene rings is 2. The Morgan fingerprint density at radius 1 is 1.00 bits per heavy atom. The Bertz CT molecular complexity index is 878. The molecule has 0 aliphatic rings. The number of nitrogens with zero attached hydrogens (tertiary/aromatic N) is 2. The summed E-state index contributed by atoms with van der Waals surface area (Å²) in [6.45, 7) is 6.33. The molecule has 0 spiro atoms. The van der Waals surface area contributed by atoms with Crippen LogP contribution in [0.25, 0.3) is 11.5 Å². The number of rotatable bonds is 3. The van der Waals surface area contributed by atoms with Crippen LogP contribution in [0.4, 0.5) is 10.4 Å². The molecule has 0 saturated carbocycles. The number of carbonyl (C=O) groups excluding carboxylic acids is 1. The van der Waals surface area contributed by atoms with Crippen LogP contribution in [-0.2, 0) is 5.41 Å². The predicted molar refractivity (Wildman–Crippen MR) is 92.8 cm³/mol. The molecule has 1 heterocycles. The van der Waals surface area contributed by atoms with E-state index in [9.17, 15) is 9.18 Å². The SMILES string of the molecule is CC(C)(C)c1ccc(C(=O)Nc2nnc(-c3ccc(F)cc3)o2)cc1. The first kappa shape index (κ1) is 16.8. The molecular weight excluding hydrogens is 321 g/mol. The molecule has 0 radical (unpaired) electrons. The van der Waals surface area contributed by atoms with Gasteiger partial charge in [0.2, 0.25) is 5.89 Å². The average Bonchev–Trinajstić information content (AvgIpc) is 3.03. The minimum Gasteiger partial charge on any atom is -0.403 e. The Hall–Kier alpha value is -3.02. The number of aromatic nitrogens is 2. The van der Waals surface area contributed by atoms with Gasteiger partial charge in [-0.1, -0.05) is 38.0 Å². The fourth-order valence-electron chi connectivity index (χ4n) is 2.27. The lowest BCUT2D eigenvalue weighted by atomic mass is 9.87. The monoisotopic (exact) mass is 339 g/mol. The molecule has 3 rings (SSSR count). The number of nitrogens with one attached hydrogen (secondary N) is 1. The molecule has 0 aliphatic carbocycles. The van der Waals surface area contributed by atoms with Crippen molar-refractivity contribution < 1.29 is 13.6 Å². The van der Waals surface area contributed by atoms with Gasteiger partial charge in [0, 0.05) is 11.1 Å². The van der Waals surface area contributed by atoms with E-state index in [1.807, 2.05) is 12.1 Å². The molecule has 1 aromatic heterocycles. The third-order valence-electron chi connectivity index (χ3n) is 3.75. The molecule has 2 aromatic carbocycles. The number of anilines is 1. The van der Waals surface area contributed by atoms with Crippen molar-refractivity contribution in [1.29, 1.82) is 0 Å². The normalized spacial score (nSPS) is 11.4. The zero-order valence-electron chi connectivity index (χ0n) is 14.2. The molecule has 25 heavy (non-hydrogen) atoms. The largest absolute Gasteiger partial charge is 0.403 e. The number of hydrogen-bond donors (Lipinski definition) is 1. The number of hydrogen-bond acceptors (Lipinski definition) is 4. The van der Waals surface area contributed by atoms with Gasteiger partial charge in [-0.05, 0) is 47.4 Å². The molecule has 0 saturated heterocycles. The van der Waals surface area contributed by atoms with Crippen LogP contribution in [0.15, 0.2) is 52.9 Å². The average molecular weight is 339 g/mol. The van der Waals surface area contributed by atoms with Crippen molar-refractivity contribution >= 4 is 11.9 Å². The maximum absolute atomic E-state index is 12.9. The van der Waals surface area contributed by atoms with E-state index in [4.69, 9.17) is 4.42 Å². The summed E-state index contributed by atoms with van der Waals surface area (Å²) in [7, 11) is 0. The first-order valence-electron chi connectivity index (χ1n) is 7.84. The third-order valence-corrected chi connectivity index (χ3v) is 3.75.